The Labute approximate surface area is 183 Å². The van der Waals surface area contributed by atoms with Crippen molar-refractivity contribution in [1.29, 1.82) is 0 Å². The lowest BCUT2D eigenvalue weighted by atomic mass is 10.2. The largest absolute Gasteiger partial charge is 0.462 e. The van der Waals surface area contributed by atoms with Gasteiger partial charge in [-0.05, 0) is 55.3 Å². The molecule has 0 atom stereocenters. The molecule has 1 aromatic heterocycles. The first-order valence-electron chi connectivity index (χ1n) is 9.34. The molecular weight excluding hydrogens is 424 g/mol. The predicted octanol–water partition coefficient (Wildman–Crippen LogP) is 4.53. The molecule has 0 saturated carbocycles. The van der Waals surface area contributed by atoms with E-state index in [1.807, 2.05) is 32.0 Å². The average Bonchev–Trinajstić information content (AvgIpc) is 3.21. The number of aromatic nitrogens is 3. The van der Waals surface area contributed by atoms with Gasteiger partial charge in [-0.25, -0.2) is 4.79 Å². The Kier molecular flexibility index (Phi) is 7.48. The molecule has 0 unspecified atom stereocenters. The number of hydrogen-bond donors (Lipinski definition) is 1. The van der Waals surface area contributed by atoms with Gasteiger partial charge in [0.2, 0.25) is 5.91 Å². The van der Waals surface area contributed by atoms with Crippen LogP contribution in [0, 0.1) is 6.92 Å². The summed E-state index contributed by atoms with van der Waals surface area (Å²) < 4.78 is 6.86. The number of halogens is 1. The van der Waals surface area contributed by atoms with Gasteiger partial charge >= 0.3 is 5.97 Å². The van der Waals surface area contributed by atoms with Gasteiger partial charge in [-0.2, -0.15) is 0 Å². The molecule has 0 saturated heterocycles. The summed E-state index contributed by atoms with van der Waals surface area (Å²) in [6.45, 7) is 4.25. The van der Waals surface area contributed by atoms with Gasteiger partial charge in [0.25, 0.3) is 0 Å². The number of carbonyl (C=O) groups excluding carboxylic acids is 2. The topological polar surface area (TPSA) is 86.1 Å². The minimum Gasteiger partial charge on any atom is -0.462 e. The van der Waals surface area contributed by atoms with E-state index < -0.39 is 0 Å². The second-order valence-corrected chi connectivity index (χ2v) is 7.82. The highest BCUT2D eigenvalue weighted by Crippen LogP contribution is 2.24. The van der Waals surface area contributed by atoms with Crippen LogP contribution in [0.15, 0.2) is 53.9 Å². The Morgan fingerprint density at radius 3 is 2.67 bits per heavy atom. The van der Waals surface area contributed by atoms with Crippen molar-refractivity contribution >= 4 is 40.9 Å². The Bertz CT molecular complexity index is 1040. The number of thioether (sulfide) groups is 1. The first-order valence-corrected chi connectivity index (χ1v) is 10.7. The second-order valence-electron chi connectivity index (χ2n) is 6.47. The molecule has 3 rings (SSSR count). The fraction of sp³-hybridized carbons (Fsp3) is 0.238. The molecule has 1 amide bonds. The van der Waals surface area contributed by atoms with E-state index in [-0.39, 0.29) is 17.6 Å². The van der Waals surface area contributed by atoms with Crippen LogP contribution >= 0.6 is 23.4 Å². The van der Waals surface area contributed by atoms with E-state index in [0.29, 0.717) is 28.0 Å². The summed E-state index contributed by atoms with van der Waals surface area (Å²) >= 11 is 7.47. The van der Waals surface area contributed by atoms with Crippen LogP contribution in [0.2, 0.25) is 5.02 Å². The summed E-state index contributed by atoms with van der Waals surface area (Å²) in [5.74, 6) is -0.419. The van der Waals surface area contributed by atoms with Crippen LogP contribution < -0.4 is 5.32 Å². The number of aryl methyl sites for hydroxylation is 1. The molecule has 0 aliphatic heterocycles. The number of nitrogens with one attached hydrogen (secondary N) is 1. The number of rotatable bonds is 8. The maximum absolute atomic E-state index is 12.3. The fourth-order valence-electron chi connectivity index (χ4n) is 2.53. The van der Waals surface area contributed by atoms with Crippen LogP contribution in [0.3, 0.4) is 0 Å². The van der Waals surface area contributed by atoms with E-state index >= 15 is 0 Å². The molecule has 3 aromatic rings. The molecule has 0 spiro atoms. The SMILES string of the molecule is CCCOC(=O)c1ccc(NC(=O)CSc2nncn2-c2ccc(C)c(Cl)c2)cc1. The van der Waals surface area contributed by atoms with Crippen molar-refractivity contribution in [1.82, 2.24) is 14.8 Å². The van der Waals surface area contributed by atoms with E-state index in [0.717, 1.165) is 17.7 Å². The number of anilines is 1. The summed E-state index contributed by atoms with van der Waals surface area (Å²) in [4.78, 5) is 24.1. The lowest BCUT2D eigenvalue weighted by Gasteiger charge is -2.09. The Hall–Kier alpha value is -2.84. The standard InChI is InChI=1S/C21H21ClN4O3S/c1-3-10-29-20(28)15-5-7-16(8-6-15)24-19(27)12-30-21-25-23-13-26(21)17-9-4-14(2)18(22)11-17/h4-9,11,13H,3,10,12H2,1-2H3,(H,24,27). The minimum absolute atomic E-state index is 0.151. The Morgan fingerprint density at radius 1 is 1.20 bits per heavy atom. The van der Waals surface area contributed by atoms with Crippen molar-refractivity contribution in [2.24, 2.45) is 0 Å². The lowest BCUT2D eigenvalue weighted by Crippen LogP contribution is -2.14. The van der Waals surface area contributed by atoms with Gasteiger partial charge in [-0.15, -0.1) is 10.2 Å². The molecule has 0 aliphatic carbocycles. The summed E-state index contributed by atoms with van der Waals surface area (Å²) in [5, 5.41) is 12.0. The van der Waals surface area contributed by atoms with E-state index in [1.165, 1.54) is 11.8 Å². The molecule has 9 heteroatoms. The number of hydrogen-bond acceptors (Lipinski definition) is 6. The van der Waals surface area contributed by atoms with Crippen molar-refractivity contribution in [3.8, 4) is 5.69 Å². The van der Waals surface area contributed by atoms with Crippen LogP contribution in [-0.2, 0) is 9.53 Å². The number of esters is 1. The number of benzene rings is 2. The van der Waals surface area contributed by atoms with E-state index in [9.17, 15) is 9.59 Å². The van der Waals surface area contributed by atoms with Gasteiger partial charge in [0.05, 0.1) is 23.6 Å². The van der Waals surface area contributed by atoms with Crippen LogP contribution in [0.1, 0.15) is 29.3 Å². The molecule has 156 valence electrons. The van der Waals surface area contributed by atoms with Gasteiger partial charge in [-0.3, -0.25) is 9.36 Å². The smallest absolute Gasteiger partial charge is 0.338 e. The maximum Gasteiger partial charge on any atom is 0.338 e. The zero-order chi connectivity index (χ0) is 21.5. The quantitative estimate of drug-likeness (QED) is 0.406. The highest BCUT2D eigenvalue weighted by molar-refractivity contribution is 7.99. The van der Waals surface area contributed by atoms with E-state index in [2.05, 4.69) is 15.5 Å². The molecule has 1 N–H and O–H groups in total. The van der Waals surface area contributed by atoms with E-state index in [4.69, 9.17) is 16.3 Å². The van der Waals surface area contributed by atoms with Crippen molar-refractivity contribution in [2.75, 3.05) is 17.7 Å². The number of carbonyl (C=O) groups is 2. The molecule has 1 heterocycles. The summed E-state index contributed by atoms with van der Waals surface area (Å²) in [5.41, 5.74) is 2.84. The Morgan fingerprint density at radius 2 is 1.97 bits per heavy atom. The van der Waals surface area contributed by atoms with Gasteiger partial charge in [-0.1, -0.05) is 36.4 Å². The maximum atomic E-state index is 12.3. The summed E-state index contributed by atoms with van der Waals surface area (Å²) in [7, 11) is 0. The van der Waals surface area contributed by atoms with Crippen LogP contribution in [0.25, 0.3) is 5.69 Å². The van der Waals surface area contributed by atoms with Gasteiger partial charge < -0.3 is 10.1 Å². The van der Waals surface area contributed by atoms with E-state index in [1.54, 1.807) is 35.2 Å². The van der Waals surface area contributed by atoms with Gasteiger partial charge in [0.15, 0.2) is 5.16 Å². The monoisotopic (exact) mass is 444 g/mol. The molecule has 0 aliphatic rings. The third-order valence-electron chi connectivity index (χ3n) is 4.12. The van der Waals surface area contributed by atoms with Gasteiger partial charge in [0, 0.05) is 10.7 Å². The normalized spacial score (nSPS) is 10.6. The molecule has 0 bridgehead atoms. The first-order chi connectivity index (χ1) is 14.5. The molecule has 7 nitrogen and oxygen atoms in total. The van der Waals surface area contributed by atoms with Crippen molar-refractivity contribution in [3.05, 3.63) is 64.9 Å². The number of ether oxygens (including phenoxy) is 1. The minimum atomic E-state index is -0.374. The highest BCUT2D eigenvalue weighted by Gasteiger charge is 2.12. The fourth-order valence-corrected chi connectivity index (χ4v) is 3.43. The third-order valence-corrected chi connectivity index (χ3v) is 5.47. The Balaban J connectivity index is 1.57. The van der Waals surface area contributed by atoms with Crippen molar-refractivity contribution in [2.45, 2.75) is 25.4 Å². The highest BCUT2D eigenvalue weighted by atomic mass is 35.5. The zero-order valence-corrected chi connectivity index (χ0v) is 18.2. The molecule has 30 heavy (non-hydrogen) atoms. The summed E-state index contributed by atoms with van der Waals surface area (Å²) in [6.07, 6.45) is 2.35. The van der Waals surface area contributed by atoms with Gasteiger partial charge in [0.1, 0.15) is 6.33 Å². The number of amides is 1. The molecule has 2 aromatic carbocycles. The average molecular weight is 445 g/mol. The second kappa shape index (κ2) is 10.3. The van der Waals surface area contributed by atoms with Crippen LogP contribution in [0.5, 0.6) is 0 Å². The lowest BCUT2D eigenvalue weighted by molar-refractivity contribution is -0.113. The first kappa shape index (κ1) is 21.9. The van der Waals surface area contributed by atoms with Crippen LogP contribution in [0.4, 0.5) is 5.69 Å². The molecule has 0 radical (unpaired) electrons. The third kappa shape index (κ3) is 5.61. The summed E-state index contributed by atoms with van der Waals surface area (Å²) in [6, 6.07) is 12.3. The molecule has 0 fully saturated rings. The number of nitrogens with zero attached hydrogens (tertiary/aromatic N) is 3. The predicted molar refractivity (Wildman–Crippen MR) is 117 cm³/mol. The molecular formula is C21H21ClN4O3S. The van der Waals surface area contributed by atoms with Crippen molar-refractivity contribution < 1.29 is 14.3 Å². The van der Waals surface area contributed by atoms with Crippen molar-refractivity contribution in [3.63, 3.8) is 0 Å². The zero-order valence-electron chi connectivity index (χ0n) is 16.6. The van der Waals surface area contributed by atoms with Crippen LogP contribution in [-0.4, -0.2) is 39.0 Å².